The average Bonchev–Trinajstić information content (AvgIpc) is 3.62. The Labute approximate surface area is 227 Å². The van der Waals surface area contributed by atoms with Crippen LogP contribution < -0.4 is 20.2 Å². The minimum Gasteiger partial charge on any atom is -0.455 e. The van der Waals surface area contributed by atoms with E-state index in [0.29, 0.717) is 45.3 Å². The van der Waals surface area contributed by atoms with E-state index in [0.717, 1.165) is 0 Å². The Bertz CT molecular complexity index is 1660. The number of nitro benzene ring substituents is 1. The summed E-state index contributed by atoms with van der Waals surface area (Å²) in [6.07, 6.45) is 2.80. The standard InChI is InChI=1S/C29H22N4O7/c1-18-13-21(33(36)37)8-10-23(18)25-12-9-22(40-25)16-30-32-29(35)24(31-28(34)20-5-3-2-4-6-20)14-19-7-11-26-27(15-19)39-17-38-26/h2-16H,17H2,1H3,(H,31,34)(H,32,35)/b24-14+,30-16-. The monoisotopic (exact) mass is 538 g/mol. The van der Waals surface area contributed by atoms with Crippen molar-refractivity contribution in [1.29, 1.82) is 0 Å². The number of carbonyl (C=O) groups is 2. The van der Waals surface area contributed by atoms with Gasteiger partial charge < -0.3 is 19.2 Å². The van der Waals surface area contributed by atoms with Crippen molar-refractivity contribution in [2.24, 2.45) is 5.10 Å². The van der Waals surface area contributed by atoms with Crippen molar-refractivity contribution in [1.82, 2.24) is 10.7 Å². The van der Waals surface area contributed by atoms with Gasteiger partial charge >= 0.3 is 0 Å². The Balaban J connectivity index is 1.32. The molecule has 2 heterocycles. The fourth-order valence-corrected chi connectivity index (χ4v) is 3.93. The minimum absolute atomic E-state index is 0.0127. The molecule has 0 spiro atoms. The van der Waals surface area contributed by atoms with E-state index >= 15 is 0 Å². The number of nitrogens with zero attached hydrogens (tertiary/aromatic N) is 2. The first kappa shape index (κ1) is 25.9. The molecule has 0 radical (unpaired) electrons. The van der Waals surface area contributed by atoms with Gasteiger partial charge in [0.2, 0.25) is 6.79 Å². The summed E-state index contributed by atoms with van der Waals surface area (Å²) in [7, 11) is 0. The predicted molar refractivity (Wildman–Crippen MR) is 146 cm³/mol. The maximum atomic E-state index is 13.0. The van der Waals surface area contributed by atoms with E-state index in [1.54, 1.807) is 73.7 Å². The van der Waals surface area contributed by atoms with Gasteiger partial charge in [0, 0.05) is 23.3 Å². The van der Waals surface area contributed by atoms with Crippen LogP contribution in [0.5, 0.6) is 11.5 Å². The van der Waals surface area contributed by atoms with Gasteiger partial charge in [0.1, 0.15) is 17.2 Å². The summed E-state index contributed by atoms with van der Waals surface area (Å²) in [4.78, 5) is 36.4. The van der Waals surface area contributed by atoms with Gasteiger partial charge in [0.05, 0.1) is 11.1 Å². The summed E-state index contributed by atoms with van der Waals surface area (Å²) in [6, 6.07) is 21.4. The Kier molecular flexibility index (Phi) is 7.36. The van der Waals surface area contributed by atoms with Crippen molar-refractivity contribution < 1.29 is 28.4 Å². The average molecular weight is 539 g/mol. The molecule has 2 amide bonds. The molecule has 40 heavy (non-hydrogen) atoms. The van der Waals surface area contributed by atoms with Gasteiger partial charge in [-0.15, -0.1) is 0 Å². The van der Waals surface area contributed by atoms with Crippen molar-refractivity contribution >= 4 is 29.8 Å². The molecule has 11 nitrogen and oxygen atoms in total. The Hall–Kier alpha value is -5.71. The molecular formula is C29H22N4O7. The molecule has 0 saturated carbocycles. The topological polar surface area (TPSA) is 145 Å². The van der Waals surface area contributed by atoms with E-state index in [4.69, 9.17) is 13.9 Å². The molecule has 1 aliphatic rings. The number of nitro groups is 1. The molecule has 0 aliphatic carbocycles. The molecule has 4 aromatic rings. The van der Waals surface area contributed by atoms with Gasteiger partial charge in [0.25, 0.3) is 17.5 Å². The van der Waals surface area contributed by atoms with Gasteiger partial charge in [-0.25, -0.2) is 5.43 Å². The summed E-state index contributed by atoms with van der Waals surface area (Å²) in [5, 5.41) is 17.6. The molecule has 1 aromatic heterocycles. The molecule has 0 saturated heterocycles. The van der Waals surface area contributed by atoms with Crippen molar-refractivity contribution in [2.45, 2.75) is 6.92 Å². The number of nitrogens with one attached hydrogen (secondary N) is 2. The van der Waals surface area contributed by atoms with Gasteiger partial charge in [-0.1, -0.05) is 24.3 Å². The zero-order valence-corrected chi connectivity index (χ0v) is 21.1. The number of fused-ring (bicyclic) bond motifs is 1. The number of amides is 2. The van der Waals surface area contributed by atoms with Crippen LogP contribution in [0.4, 0.5) is 5.69 Å². The molecule has 0 fully saturated rings. The summed E-state index contributed by atoms with van der Waals surface area (Å²) in [5.74, 6) is 0.791. The molecule has 0 bridgehead atoms. The van der Waals surface area contributed by atoms with Gasteiger partial charge in [-0.3, -0.25) is 19.7 Å². The van der Waals surface area contributed by atoms with Crippen LogP contribution in [0, 0.1) is 17.0 Å². The highest BCUT2D eigenvalue weighted by Crippen LogP contribution is 2.33. The second kappa shape index (κ2) is 11.4. The summed E-state index contributed by atoms with van der Waals surface area (Å²) < 4.78 is 16.5. The number of ether oxygens (including phenoxy) is 2. The first-order valence-electron chi connectivity index (χ1n) is 12.0. The SMILES string of the molecule is Cc1cc([N+](=O)[O-])ccc1-c1ccc(/C=N\NC(=O)/C(=C\c2ccc3c(c2)OCO3)NC(=O)c2ccccc2)o1. The van der Waals surface area contributed by atoms with E-state index in [2.05, 4.69) is 15.8 Å². The highest BCUT2D eigenvalue weighted by Gasteiger charge is 2.17. The molecule has 200 valence electrons. The number of aryl methyl sites for hydroxylation is 1. The van der Waals surface area contributed by atoms with Crippen LogP contribution in [-0.4, -0.2) is 29.7 Å². The lowest BCUT2D eigenvalue weighted by molar-refractivity contribution is -0.384. The van der Waals surface area contributed by atoms with Crippen LogP contribution in [0.3, 0.4) is 0 Å². The molecule has 5 rings (SSSR count). The van der Waals surface area contributed by atoms with Crippen molar-refractivity contribution in [3.8, 4) is 22.8 Å². The first-order chi connectivity index (χ1) is 19.4. The number of hydrogen-bond donors (Lipinski definition) is 2. The van der Waals surface area contributed by atoms with Crippen LogP contribution in [0.15, 0.2) is 94.1 Å². The van der Waals surface area contributed by atoms with Crippen LogP contribution in [-0.2, 0) is 4.79 Å². The van der Waals surface area contributed by atoms with Crippen molar-refractivity contribution in [2.75, 3.05) is 6.79 Å². The van der Waals surface area contributed by atoms with Gasteiger partial charge in [-0.2, -0.15) is 5.10 Å². The molecule has 0 unspecified atom stereocenters. The van der Waals surface area contributed by atoms with E-state index < -0.39 is 16.7 Å². The van der Waals surface area contributed by atoms with E-state index in [1.165, 1.54) is 24.4 Å². The van der Waals surface area contributed by atoms with Crippen LogP contribution in [0.25, 0.3) is 17.4 Å². The first-order valence-corrected chi connectivity index (χ1v) is 12.0. The number of carbonyl (C=O) groups excluding carboxylic acids is 2. The molecule has 11 heteroatoms. The highest BCUT2D eigenvalue weighted by atomic mass is 16.7. The second-order valence-corrected chi connectivity index (χ2v) is 8.65. The smallest absolute Gasteiger partial charge is 0.287 e. The Morgan fingerprint density at radius 2 is 1.77 bits per heavy atom. The highest BCUT2D eigenvalue weighted by molar-refractivity contribution is 6.05. The summed E-state index contributed by atoms with van der Waals surface area (Å²) >= 11 is 0. The normalized spacial score (nSPS) is 12.4. The zero-order chi connectivity index (χ0) is 28.1. The molecule has 2 N–H and O–H groups in total. The largest absolute Gasteiger partial charge is 0.455 e. The Morgan fingerprint density at radius 3 is 2.55 bits per heavy atom. The lowest BCUT2D eigenvalue weighted by Gasteiger charge is -2.09. The number of hydrazone groups is 1. The third kappa shape index (κ3) is 5.89. The maximum Gasteiger partial charge on any atom is 0.287 e. The summed E-state index contributed by atoms with van der Waals surface area (Å²) in [6.45, 7) is 1.85. The van der Waals surface area contributed by atoms with Gasteiger partial charge in [0.15, 0.2) is 11.5 Å². The number of benzene rings is 3. The molecular weight excluding hydrogens is 516 g/mol. The fourth-order valence-electron chi connectivity index (χ4n) is 3.93. The van der Waals surface area contributed by atoms with Crippen LogP contribution >= 0.6 is 0 Å². The zero-order valence-electron chi connectivity index (χ0n) is 21.1. The van der Waals surface area contributed by atoms with Crippen molar-refractivity contribution in [3.05, 3.63) is 117 Å². The third-order valence-corrected chi connectivity index (χ3v) is 5.91. The van der Waals surface area contributed by atoms with E-state index in [-0.39, 0.29) is 18.2 Å². The number of furan rings is 1. The second-order valence-electron chi connectivity index (χ2n) is 8.65. The maximum absolute atomic E-state index is 13.0. The number of non-ortho nitro benzene ring substituents is 1. The molecule has 3 aromatic carbocycles. The lowest BCUT2D eigenvalue weighted by Crippen LogP contribution is -2.32. The van der Waals surface area contributed by atoms with E-state index in [9.17, 15) is 19.7 Å². The summed E-state index contributed by atoms with van der Waals surface area (Å²) in [5.41, 5.74) is 4.67. The minimum atomic E-state index is -0.670. The van der Waals surface area contributed by atoms with Gasteiger partial charge in [-0.05, 0) is 66.6 Å². The number of rotatable bonds is 8. The third-order valence-electron chi connectivity index (χ3n) is 5.91. The lowest BCUT2D eigenvalue weighted by atomic mass is 10.1. The molecule has 1 aliphatic heterocycles. The quantitative estimate of drug-likeness (QED) is 0.142. The predicted octanol–water partition coefficient (Wildman–Crippen LogP) is 4.81. The Morgan fingerprint density at radius 1 is 0.975 bits per heavy atom. The molecule has 0 atom stereocenters. The van der Waals surface area contributed by atoms with E-state index in [1.807, 2.05) is 0 Å². The number of hydrogen-bond acceptors (Lipinski definition) is 8. The van der Waals surface area contributed by atoms with Crippen LogP contribution in [0.1, 0.15) is 27.2 Å². The van der Waals surface area contributed by atoms with Crippen LogP contribution in [0.2, 0.25) is 0 Å². The van der Waals surface area contributed by atoms with Crippen molar-refractivity contribution in [3.63, 3.8) is 0 Å². The fraction of sp³-hybridized carbons (Fsp3) is 0.0690.